The molecular formula is C8H16N2O. The van der Waals surface area contributed by atoms with Crippen LogP contribution in [-0.4, -0.2) is 5.91 Å². The molecule has 0 aliphatic carbocycles. The minimum absolute atomic E-state index is 0.390. The highest BCUT2D eigenvalue weighted by Crippen LogP contribution is 2.08. The summed E-state index contributed by atoms with van der Waals surface area (Å²) in [4.78, 5) is 10.7. The second-order valence-corrected chi connectivity index (χ2v) is 2.47. The maximum atomic E-state index is 10.7. The number of hydrogen-bond acceptors (Lipinski definition) is 2. The van der Waals surface area contributed by atoms with Crippen molar-refractivity contribution < 1.29 is 4.79 Å². The van der Waals surface area contributed by atoms with E-state index in [1.54, 1.807) is 0 Å². The van der Waals surface area contributed by atoms with Crippen LogP contribution in [0.15, 0.2) is 11.3 Å². The highest BCUT2D eigenvalue weighted by molar-refractivity contribution is 5.92. The third-order valence-corrected chi connectivity index (χ3v) is 1.56. The van der Waals surface area contributed by atoms with Crippen molar-refractivity contribution in [2.24, 2.45) is 11.5 Å². The monoisotopic (exact) mass is 156 g/mol. The Morgan fingerprint density at radius 2 is 1.82 bits per heavy atom. The normalized spacial score (nSPS) is 12.5. The molecule has 0 bridgehead atoms. The molecule has 0 aliphatic rings. The number of carbonyl (C=O) groups is 1. The van der Waals surface area contributed by atoms with Crippen LogP contribution in [0.25, 0.3) is 0 Å². The lowest BCUT2D eigenvalue weighted by atomic mass is 10.1. The van der Waals surface area contributed by atoms with Crippen LogP contribution >= 0.6 is 0 Å². The van der Waals surface area contributed by atoms with Gasteiger partial charge in [0.2, 0.25) is 5.91 Å². The zero-order valence-corrected chi connectivity index (χ0v) is 7.18. The van der Waals surface area contributed by atoms with Crippen molar-refractivity contribution in [2.75, 3.05) is 0 Å². The summed E-state index contributed by atoms with van der Waals surface area (Å²) in [7, 11) is 0. The molecule has 0 radical (unpaired) electrons. The lowest BCUT2D eigenvalue weighted by Gasteiger charge is -2.04. The van der Waals surface area contributed by atoms with E-state index in [0.717, 1.165) is 12.8 Å². The van der Waals surface area contributed by atoms with E-state index < -0.39 is 5.91 Å². The Morgan fingerprint density at radius 1 is 1.27 bits per heavy atom. The van der Waals surface area contributed by atoms with Gasteiger partial charge < -0.3 is 11.5 Å². The molecule has 0 aromatic rings. The van der Waals surface area contributed by atoms with E-state index in [1.165, 1.54) is 0 Å². The Bertz CT molecular complexity index is 173. The van der Waals surface area contributed by atoms with Crippen molar-refractivity contribution in [2.45, 2.75) is 33.1 Å². The number of allylic oxidation sites excluding steroid dienone is 1. The number of hydrogen-bond donors (Lipinski definition) is 2. The summed E-state index contributed by atoms with van der Waals surface area (Å²) in [6.07, 6.45) is 2.33. The van der Waals surface area contributed by atoms with Gasteiger partial charge in [0.05, 0.1) is 0 Å². The van der Waals surface area contributed by atoms with Gasteiger partial charge in [-0.05, 0) is 12.8 Å². The van der Waals surface area contributed by atoms with Gasteiger partial charge in [0.25, 0.3) is 0 Å². The van der Waals surface area contributed by atoms with E-state index >= 15 is 0 Å². The van der Waals surface area contributed by atoms with Crippen LogP contribution in [0.2, 0.25) is 0 Å². The highest BCUT2D eigenvalue weighted by Gasteiger charge is 2.05. The molecule has 4 N–H and O–H groups in total. The van der Waals surface area contributed by atoms with E-state index in [0.29, 0.717) is 17.7 Å². The Kier molecular flexibility index (Phi) is 4.34. The topological polar surface area (TPSA) is 69.1 Å². The zero-order chi connectivity index (χ0) is 8.85. The summed E-state index contributed by atoms with van der Waals surface area (Å²) < 4.78 is 0. The number of amides is 1. The molecule has 3 nitrogen and oxygen atoms in total. The first-order valence-electron chi connectivity index (χ1n) is 3.90. The van der Waals surface area contributed by atoms with Gasteiger partial charge in [-0.2, -0.15) is 0 Å². The minimum Gasteiger partial charge on any atom is -0.402 e. The van der Waals surface area contributed by atoms with Crippen molar-refractivity contribution in [3.05, 3.63) is 11.3 Å². The number of nitrogens with two attached hydrogens (primary N) is 2. The van der Waals surface area contributed by atoms with Crippen LogP contribution in [0.3, 0.4) is 0 Å². The first kappa shape index (κ1) is 10.0. The Labute approximate surface area is 67.4 Å². The van der Waals surface area contributed by atoms with Crippen molar-refractivity contribution in [1.82, 2.24) is 0 Å². The lowest BCUT2D eigenvalue weighted by Crippen LogP contribution is -2.18. The highest BCUT2D eigenvalue weighted by atomic mass is 16.1. The third-order valence-electron chi connectivity index (χ3n) is 1.56. The molecule has 0 saturated carbocycles. The van der Waals surface area contributed by atoms with Crippen molar-refractivity contribution in [3.63, 3.8) is 0 Å². The quantitative estimate of drug-likeness (QED) is 0.593. The maximum Gasteiger partial charge on any atom is 0.246 e. The van der Waals surface area contributed by atoms with Gasteiger partial charge in [-0.3, -0.25) is 4.79 Å². The van der Waals surface area contributed by atoms with Crippen molar-refractivity contribution in [3.8, 4) is 0 Å². The van der Waals surface area contributed by atoms with E-state index in [2.05, 4.69) is 0 Å². The fourth-order valence-electron chi connectivity index (χ4n) is 0.980. The first-order chi connectivity index (χ1) is 5.13. The molecule has 0 atom stereocenters. The average Bonchev–Trinajstić information content (AvgIpc) is 1.88. The summed E-state index contributed by atoms with van der Waals surface area (Å²) in [5, 5.41) is 0. The summed E-state index contributed by atoms with van der Waals surface area (Å²) in [5.74, 6) is -0.390. The molecule has 1 amide bonds. The second-order valence-electron chi connectivity index (χ2n) is 2.47. The van der Waals surface area contributed by atoms with Crippen LogP contribution in [0.4, 0.5) is 0 Å². The predicted octanol–water partition coefficient (Wildman–Crippen LogP) is 0.895. The molecule has 0 fully saturated rings. The minimum atomic E-state index is -0.390. The van der Waals surface area contributed by atoms with Crippen molar-refractivity contribution >= 4 is 5.91 Å². The molecule has 0 rings (SSSR count). The van der Waals surface area contributed by atoms with Gasteiger partial charge in [-0.25, -0.2) is 0 Å². The molecule has 64 valence electrons. The number of primary amides is 1. The summed E-state index contributed by atoms with van der Waals surface area (Å²) in [6, 6.07) is 0. The molecule has 0 aliphatic heterocycles. The lowest BCUT2D eigenvalue weighted by molar-refractivity contribution is -0.114. The van der Waals surface area contributed by atoms with E-state index in [9.17, 15) is 4.79 Å². The fraction of sp³-hybridized carbons (Fsp3) is 0.625. The molecule has 0 unspecified atom stereocenters. The summed E-state index contributed by atoms with van der Waals surface area (Å²) >= 11 is 0. The SMILES string of the molecule is CCC/C(N)=C(\CC)C(N)=O. The molecular weight excluding hydrogens is 140 g/mol. The van der Waals surface area contributed by atoms with Gasteiger partial charge in [0, 0.05) is 11.3 Å². The number of rotatable bonds is 4. The van der Waals surface area contributed by atoms with Gasteiger partial charge in [-0.15, -0.1) is 0 Å². The van der Waals surface area contributed by atoms with Gasteiger partial charge in [-0.1, -0.05) is 20.3 Å². The number of carbonyl (C=O) groups excluding carboxylic acids is 1. The molecule has 0 aromatic heterocycles. The van der Waals surface area contributed by atoms with Crippen LogP contribution in [0.1, 0.15) is 33.1 Å². The summed E-state index contributed by atoms with van der Waals surface area (Å²) in [6.45, 7) is 3.89. The van der Waals surface area contributed by atoms with Crippen LogP contribution in [-0.2, 0) is 4.79 Å². The van der Waals surface area contributed by atoms with Gasteiger partial charge >= 0.3 is 0 Å². The van der Waals surface area contributed by atoms with E-state index in [1.807, 2.05) is 13.8 Å². The second kappa shape index (κ2) is 4.77. The van der Waals surface area contributed by atoms with E-state index in [4.69, 9.17) is 11.5 Å². The Morgan fingerprint density at radius 3 is 2.09 bits per heavy atom. The average molecular weight is 156 g/mol. The molecule has 0 spiro atoms. The molecule has 11 heavy (non-hydrogen) atoms. The molecule has 0 aromatic carbocycles. The largest absolute Gasteiger partial charge is 0.402 e. The fourth-order valence-corrected chi connectivity index (χ4v) is 0.980. The predicted molar refractivity (Wildman–Crippen MR) is 45.6 cm³/mol. The van der Waals surface area contributed by atoms with Crippen molar-refractivity contribution in [1.29, 1.82) is 0 Å². The van der Waals surface area contributed by atoms with Gasteiger partial charge in [0.1, 0.15) is 0 Å². The first-order valence-corrected chi connectivity index (χ1v) is 3.90. The molecule has 3 heteroatoms. The van der Waals surface area contributed by atoms with Crippen LogP contribution in [0.5, 0.6) is 0 Å². The van der Waals surface area contributed by atoms with Gasteiger partial charge in [0.15, 0.2) is 0 Å². The molecule has 0 heterocycles. The van der Waals surface area contributed by atoms with E-state index in [-0.39, 0.29) is 0 Å². The van der Waals surface area contributed by atoms with Crippen LogP contribution in [0, 0.1) is 0 Å². The summed E-state index contributed by atoms with van der Waals surface area (Å²) in [5.41, 5.74) is 11.9. The van der Waals surface area contributed by atoms with Crippen LogP contribution < -0.4 is 11.5 Å². The standard InChI is InChI=1S/C8H16N2O/c1-3-5-7(9)6(4-2)8(10)11/h3-5,9H2,1-2H3,(H2,10,11)/b7-6-. The Hall–Kier alpha value is -0.990. The molecule has 0 saturated heterocycles. The smallest absolute Gasteiger partial charge is 0.246 e. The maximum absolute atomic E-state index is 10.7. The Balaban J connectivity index is 4.40. The third kappa shape index (κ3) is 3.07. The zero-order valence-electron chi connectivity index (χ0n) is 7.18.